The van der Waals surface area contributed by atoms with Gasteiger partial charge in [0.2, 0.25) is 82.7 Å². The number of hydrogen-bond acceptors (Lipinski definition) is 21. The van der Waals surface area contributed by atoms with Crippen LogP contribution in [0.25, 0.3) is 10.8 Å². The smallest absolute Gasteiger partial charge is 0.305 e. The van der Waals surface area contributed by atoms with Crippen LogP contribution < -0.4 is 80.6 Å². The summed E-state index contributed by atoms with van der Waals surface area (Å²) in [4.78, 5) is 224. The Bertz CT molecular complexity index is 4030. The molecule has 5 fully saturated rings. The molecular formula is C74H104N20O18S2. The molecule has 0 unspecified atom stereocenters. The third-order valence-electron chi connectivity index (χ3n) is 20.4. The first-order valence-electron chi connectivity index (χ1n) is 38.1. The number of rotatable bonds is 18. The average molecular weight is 1630 g/mol. The van der Waals surface area contributed by atoms with Crippen molar-refractivity contribution in [2.45, 2.75) is 195 Å². The lowest BCUT2D eigenvalue weighted by molar-refractivity contribution is -0.148. The van der Waals surface area contributed by atoms with E-state index in [-0.39, 0.29) is 103 Å². The second-order valence-corrected chi connectivity index (χ2v) is 31.4. The number of nitrogens with zero attached hydrogens (tertiary/aromatic N) is 3. The fourth-order valence-corrected chi connectivity index (χ4v) is 16.5. The van der Waals surface area contributed by atoms with Crippen molar-refractivity contribution in [1.29, 1.82) is 10.8 Å². The first-order valence-corrected chi connectivity index (χ1v) is 40.6. The van der Waals surface area contributed by atoms with Crippen molar-refractivity contribution in [1.82, 2.24) is 83.8 Å². The Hall–Kier alpha value is -10.9. The van der Waals surface area contributed by atoms with Gasteiger partial charge in [-0.3, -0.25) is 82.7 Å². The molecule has 8 rings (SSSR count). The van der Waals surface area contributed by atoms with Gasteiger partial charge in [-0.2, -0.15) is 0 Å². The number of aliphatic hydroxyl groups is 2. The molecule has 0 aromatic heterocycles. The van der Waals surface area contributed by atoms with Gasteiger partial charge in [0, 0.05) is 57.1 Å². The highest BCUT2D eigenvalue weighted by Gasteiger charge is 2.47. The highest BCUT2D eigenvalue weighted by Crippen LogP contribution is 2.29. The van der Waals surface area contributed by atoms with Crippen molar-refractivity contribution in [2.24, 2.45) is 17.4 Å². The molecule has 0 saturated carbocycles. The van der Waals surface area contributed by atoms with E-state index in [0.717, 1.165) is 39.3 Å². The lowest BCUT2D eigenvalue weighted by Crippen LogP contribution is -2.62. The Morgan fingerprint density at radius 1 is 0.509 bits per heavy atom. The summed E-state index contributed by atoms with van der Waals surface area (Å²) in [5, 5.41) is 82.6. The lowest BCUT2D eigenvalue weighted by Gasteiger charge is -2.34. The lowest BCUT2D eigenvalue weighted by atomic mass is 9.97. The molecule has 40 heteroatoms. The summed E-state index contributed by atoms with van der Waals surface area (Å²) in [6.45, 7) is 2.38. The number of nitrogens with one attached hydrogen (secondary N) is 15. The largest absolute Gasteiger partial charge is 0.481 e. The maximum Gasteiger partial charge on any atom is 0.305 e. The number of benzene rings is 3. The number of amides is 14. The molecule has 0 radical (unpaired) electrons. The van der Waals surface area contributed by atoms with Crippen molar-refractivity contribution in [3.05, 3.63) is 83.9 Å². The number of aliphatic hydroxyl groups excluding tert-OH is 2. The van der Waals surface area contributed by atoms with Crippen molar-refractivity contribution < 1.29 is 87.2 Å². The number of fused-ring (bicyclic) bond motifs is 9. The van der Waals surface area contributed by atoms with E-state index in [1.54, 1.807) is 56.3 Å². The number of carboxylic acids is 1. The molecule has 5 aliphatic rings. The number of carboxylic acid groups (broad SMARTS) is 1. The Kier molecular flexibility index (Phi) is 33.3. The number of hydrogen-bond donors (Lipinski definition) is 20. The summed E-state index contributed by atoms with van der Waals surface area (Å²) in [5.41, 5.74) is 12.2. The molecule has 38 nitrogen and oxygen atoms in total. The minimum atomic E-state index is -2.01. The summed E-state index contributed by atoms with van der Waals surface area (Å²) in [5.74, 6) is -17.9. The van der Waals surface area contributed by atoms with E-state index in [1.807, 2.05) is 30.3 Å². The van der Waals surface area contributed by atoms with Crippen molar-refractivity contribution >= 4 is 133 Å². The van der Waals surface area contributed by atoms with Gasteiger partial charge in [0.25, 0.3) is 0 Å². The predicted molar refractivity (Wildman–Crippen MR) is 418 cm³/mol. The van der Waals surface area contributed by atoms with Crippen LogP contribution in [0.1, 0.15) is 109 Å². The van der Waals surface area contributed by atoms with Gasteiger partial charge >= 0.3 is 5.97 Å². The fourth-order valence-electron chi connectivity index (χ4n) is 14.1. The van der Waals surface area contributed by atoms with Crippen LogP contribution >= 0.6 is 21.6 Å². The van der Waals surface area contributed by atoms with Crippen LogP contribution in [-0.4, -0.2) is 273 Å². The van der Waals surface area contributed by atoms with Gasteiger partial charge in [0.1, 0.15) is 78.5 Å². The Labute approximate surface area is 665 Å². The molecule has 5 heterocycles. The summed E-state index contributed by atoms with van der Waals surface area (Å²) >= 11 is 0. The van der Waals surface area contributed by atoms with Crippen LogP contribution in [0.4, 0.5) is 0 Å². The highest BCUT2D eigenvalue weighted by atomic mass is 33.1. The number of nitrogens with two attached hydrogens (primary N) is 2. The molecule has 2 bridgehead atoms. The van der Waals surface area contributed by atoms with E-state index in [0.29, 0.717) is 24.0 Å². The molecule has 3 aromatic carbocycles. The molecule has 5 aliphatic heterocycles. The van der Waals surface area contributed by atoms with Gasteiger partial charge < -0.3 is 111 Å². The Balaban J connectivity index is 1.23. The molecule has 14 amide bonds. The molecule has 0 spiro atoms. The molecule has 620 valence electrons. The first-order chi connectivity index (χ1) is 54.4. The average Bonchev–Trinajstić information content (AvgIpc) is 1.74. The van der Waals surface area contributed by atoms with Crippen LogP contribution in [0.15, 0.2) is 72.8 Å². The number of carbonyl (C=O) groups is 15. The van der Waals surface area contributed by atoms with Crippen LogP contribution in [0.3, 0.4) is 0 Å². The third-order valence-corrected chi connectivity index (χ3v) is 22.9. The van der Waals surface area contributed by atoms with Gasteiger partial charge in [-0.1, -0.05) is 115 Å². The van der Waals surface area contributed by atoms with Gasteiger partial charge in [0.05, 0.1) is 25.7 Å². The SMILES string of the molecule is CC[C@H](C)[C@@H]1NC(=O)[C@@H]2CCCN2C(=O)[C@@H]2CCCN2C(=O)[C@H](Cc2ccc3ccccc3c2)NC(=O)[C@H](CO)NC(=O)[C@H](CCCNC(=N)N)NC(=O)[C@H]([C@@H](C)O)NC(=O)[C@@H]2CSSC[C@H](NC1=O)C(=O)N[C@@H](Cc1ccccc1)C(=O)N1CCC[C@H]1C(=O)N[C@@H](CC(=O)O)C(=O)NCC(=O)N[C@@H](CCCNC(=N)N)C(=O)N2. The van der Waals surface area contributed by atoms with Crippen LogP contribution in [0.2, 0.25) is 0 Å². The zero-order chi connectivity index (χ0) is 82.9. The normalized spacial score (nSPS) is 26.9. The van der Waals surface area contributed by atoms with Gasteiger partial charge in [-0.05, 0) is 98.9 Å². The van der Waals surface area contributed by atoms with Crippen molar-refractivity contribution in [3.8, 4) is 0 Å². The molecule has 22 N–H and O–H groups in total. The second kappa shape index (κ2) is 42.8. The monoisotopic (exact) mass is 1620 g/mol. The summed E-state index contributed by atoms with van der Waals surface area (Å²) < 4.78 is 0. The van der Waals surface area contributed by atoms with E-state index < -0.39 is 222 Å². The standard InChI is InChI=1S/C74H104N20O18S2/c1-4-39(2)58-68(108)89-51-37-113-114-38-52(88-61(101)45(19-10-26-79-73(75)76)82-56(97)35-81-60(100)47(34-57(98)99)84-66(106)53-21-12-28-92(53)70(110)48(86-64(51)104)32-41-15-6-5-7-16-41)65(105)91-59(40(3)96)69(109)83-46(20-11-27-80-74(77)78)62(102)87-50(36-95)63(103)85-49(33-42-24-25-43-17-8-9-18-44(43)31-42)71(111)94-30-14-23-55(94)72(112)93-29-13-22-54(93)67(107)90-58/h5-9,15-18,24-25,31,39-40,45-55,58-59,95-96H,4,10-14,19-23,26-30,32-38H2,1-3H3,(H,81,100)(H,82,97)(H,83,109)(H,84,106)(H,85,103)(H,86,104)(H,87,102)(H,88,101)(H,89,108)(H,90,107)(H,91,105)(H,98,99)(H4,75,76,79)(H4,77,78,80)/t39-,40+,45-,46-,47-,48-,49-,50-,51-,52-,53-,54-,55-,58-,59-/m0/s1. The van der Waals surface area contributed by atoms with Gasteiger partial charge in [-0.25, -0.2) is 0 Å². The summed E-state index contributed by atoms with van der Waals surface area (Å²) in [6, 6.07) is 0.407. The van der Waals surface area contributed by atoms with Crippen LogP contribution in [-0.2, 0) is 84.8 Å². The van der Waals surface area contributed by atoms with Crippen molar-refractivity contribution in [3.63, 3.8) is 0 Å². The molecule has 0 aliphatic carbocycles. The van der Waals surface area contributed by atoms with Crippen LogP contribution in [0, 0.1) is 16.7 Å². The Morgan fingerprint density at radius 2 is 0.965 bits per heavy atom. The Morgan fingerprint density at radius 3 is 1.54 bits per heavy atom. The molecule has 15 atom stereocenters. The van der Waals surface area contributed by atoms with E-state index in [4.69, 9.17) is 22.3 Å². The number of guanidine groups is 2. The van der Waals surface area contributed by atoms with Crippen LogP contribution in [0.5, 0.6) is 0 Å². The van der Waals surface area contributed by atoms with Gasteiger partial charge in [0.15, 0.2) is 11.9 Å². The summed E-state index contributed by atoms with van der Waals surface area (Å²) in [6.07, 6.45) is -2.54. The molecule has 3 aromatic rings. The summed E-state index contributed by atoms with van der Waals surface area (Å²) in [7, 11) is 1.66. The number of carbonyl (C=O) groups excluding carboxylic acids is 14. The maximum atomic E-state index is 15.4. The van der Waals surface area contributed by atoms with E-state index >= 15 is 33.6 Å². The second-order valence-electron chi connectivity index (χ2n) is 28.8. The number of aliphatic carboxylic acids is 1. The van der Waals surface area contributed by atoms with Gasteiger partial charge in [-0.15, -0.1) is 0 Å². The van der Waals surface area contributed by atoms with E-state index in [9.17, 15) is 53.7 Å². The minimum absolute atomic E-state index is 0.00778. The molecule has 114 heavy (non-hydrogen) atoms. The fraction of sp³-hybridized carbons (Fsp3) is 0.554. The van der Waals surface area contributed by atoms with E-state index in [2.05, 4.69) is 69.1 Å². The van der Waals surface area contributed by atoms with E-state index in [1.165, 1.54) is 14.7 Å². The topological polar surface area (TPSA) is 583 Å². The quantitative estimate of drug-likeness (QED) is 0.0247. The zero-order valence-electron chi connectivity index (χ0n) is 63.6. The minimum Gasteiger partial charge on any atom is -0.481 e. The highest BCUT2D eigenvalue weighted by molar-refractivity contribution is 8.76. The molecule has 5 saturated heterocycles. The van der Waals surface area contributed by atoms with Crippen molar-refractivity contribution in [2.75, 3.05) is 57.4 Å². The molecular weight excluding hydrogens is 1520 g/mol. The predicted octanol–water partition coefficient (Wildman–Crippen LogP) is -4.61. The zero-order valence-corrected chi connectivity index (χ0v) is 65.3. The first kappa shape index (κ1) is 88.7. The maximum absolute atomic E-state index is 15.4. The third kappa shape index (κ3) is 25.1.